The van der Waals surface area contributed by atoms with Gasteiger partial charge >= 0.3 is 0 Å². The Balaban J connectivity index is 2.15. The van der Waals surface area contributed by atoms with Crippen LogP contribution in [0, 0.1) is 17.8 Å². The SMILES string of the molecule is CC#CCCNCC1(O)CCC(C)CC1. The summed E-state index contributed by atoms with van der Waals surface area (Å²) in [7, 11) is 0. The van der Waals surface area contributed by atoms with Crippen molar-refractivity contribution >= 4 is 0 Å². The van der Waals surface area contributed by atoms with Crippen LogP contribution >= 0.6 is 0 Å². The first-order valence-electron chi connectivity index (χ1n) is 5.99. The van der Waals surface area contributed by atoms with Gasteiger partial charge in [-0.2, -0.15) is 0 Å². The molecule has 0 aromatic heterocycles. The first-order chi connectivity index (χ1) is 7.16. The summed E-state index contributed by atoms with van der Waals surface area (Å²) in [5.74, 6) is 6.67. The van der Waals surface area contributed by atoms with E-state index < -0.39 is 5.60 Å². The molecule has 0 amide bonds. The van der Waals surface area contributed by atoms with Crippen molar-refractivity contribution in [1.82, 2.24) is 5.32 Å². The van der Waals surface area contributed by atoms with Crippen molar-refractivity contribution in [2.75, 3.05) is 13.1 Å². The predicted molar refractivity (Wildman–Crippen MR) is 63.5 cm³/mol. The Morgan fingerprint density at radius 3 is 2.67 bits per heavy atom. The number of hydrogen-bond donors (Lipinski definition) is 2. The van der Waals surface area contributed by atoms with Crippen LogP contribution in [-0.4, -0.2) is 23.8 Å². The van der Waals surface area contributed by atoms with Gasteiger partial charge in [0, 0.05) is 19.5 Å². The van der Waals surface area contributed by atoms with Crippen LogP contribution in [-0.2, 0) is 0 Å². The maximum Gasteiger partial charge on any atom is 0.0771 e. The molecule has 15 heavy (non-hydrogen) atoms. The lowest BCUT2D eigenvalue weighted by molar-refractivity contribution is -0.00577. The molecule has 0 aromatic carbocycles. The minimum Gasteiger partial charge on any atom is -0.389 e. The summed E-state index contributed by atoms with van der Waals surface area (Å²) in [5, 5.41) is 13.5. The highest BCUT2D eigenvalue weighted by atomic mass is 16.3. The molecule has 0 radical (unpaired) electrons. The van der Waals surface area contributed by atoms with Gasteiger partial charge in [-0.3, -0.25) is 0 Å². The summed E-state index contributed by atoms with van der Waals surface area (Å²) >= 11 is 0. The van der Waals surface area contributed by atoms with E-state index in [1.807, 2.05) is 6.92 Å². The Bertz CT molecular complexity index is 231. The molecular weight excluding hydrogens is 186 g/mol. The Kier molecular flexibility index (Phi) is 5.14. The van der Waals surface area contributed by atoms with Crippen molar-refractivity contribution in [3.05, 3.63) is 0 Å². The lowest BCUT2D eigenvalue weighted by atomic mass is 9.79. The lowest BCUT2D eigenvalue weighted by Gasteiger charge is -2.35. The van der Waals surface area contributed by atoms with Gasteiger partial charge in [0.25, 0.3) is 0 Å². The average molecular weight is 209 g/mol. The molecule has 0 spiro atoms. The molecule has 0 bridgehead atoms. The molecule has 1 aliphatic carbocycles. The summed E-state index contributed by atoms with van der Waals surface area (Å²) in [5.41, 5.74) is -0.452. The van der Waals surface area contributed by atoms with E-state index in [1.54, 1.807) is 0 Å². The van der Waals surface area contributed by atoms with Crippen molar-refractivity contribution in [3.63, 3.8) is 0 Å². The van der Waals surface area contributed by atoms with E-state index >= 15 is 0 Å². The second kappa shape index (κ2) is 6.15. The van der Waals surface area contributed by atoms with E-state index in [0.717, 1.165) is 51.1 Å². The van der Waals surface area contributed by atoms with E-state index in [1.165, 1.54) is 0 Å². The largest absolute Gasteiger partial charge is 0.389 e. The minimum absolute atomic E-state index is 0.452. The van der Waals surface area contributed by atoms with Crippen LogP contribution in [0.2, 0.25) is 0 Å². The highest BCUT2D eigenvalue weighted by Gasteiger charge is 2.30. The van der Waals surface area contributed by atoms with Gasteiger partial charge in [0.2, 0.25) is 0 Å². The van der Waals surface area contributed by atoms with Crippen molar-refractivity contribution < 1.29 is 5.11 Å². The predicted octanol–water partition coefficient (Wildman–Crippen LogP) is 1.93. The van der Waals surface area contributed by atoms with Crippen LogP contribution in [0.5, 0.6) is 0 Å². The third-order valence-corrected chi connectivity index (χ3v) is 3.26. The molecule has 0 heterocycles. The fourth-order valence-corrected chi connectivity index (χ4v) is 2.07. The monoisotopic (exact) mass is 209 g/mol. The van der Waals surface area contributed by atoms with Crippen LogP contribution in [0.4, 0.5) is 0 Å². The number of aliphatic hydroxyl groups is 1. The molecule has 1 aliphatic rings. The molecule has 1 saturated carbocycles. The molecule has 0 saturated heterocycles. The Morgan fingerprint density at radius 2 is 2.07 bits per heavy atom. The zero-order valence-electron chi connectivity index (χ0n) is 9.97. The summed E-state index contributed by atoms with van der Waals surface area (Å²) in [6, 6.07) is 0. The molecule has 2 nitrogen and oxygen atoms in total. The Hall–Kier alpha value is -0.520. The molecule has 86 valence electrons. The van der Waals surface area contributed by atoms with E-state index in [0.29, 0.717) is 0 Å². The first kappa shape index (κ1) is 12.5. The number of hydrogen-bond acceptors (Lipinski definition) is 2. The zero-order chi connectivity index (χ0) is 11.1. The molecule has 0 unspecified atom stereocenters. The highest BCUT2D eigenvalue weighted by Crippen LogP contribution is 2.31. The molecule has 0 aliphatic heterocycles. The van der Waals surface area contributed by atoms with Crippen LogP contribution in [0.15, 0.2) is 0 Å². The van der Waals surface area contributed by atoms with Crippen molar-refractivity contribution in [1.29, 1.82) is 0 Å². The topological polar surface area (TPSA) is 32.3 Å². The maximum atomic E-state index is 10.2. The number of nitrogens with one attached hydrogen (secondary N) is 1. The van der Waals surface area contributed by atoms with E-state index in [4.69, 9.17) is 0 Å². The van der Waals surface area contributed by atoms with Gasteiger partial charge in [-0.1, -0.05) is 6.92 Å². The molecule has 0 aromatic rings. The second-order valence-corrected chi connectivity index (χ2v) is 4.76. The molecule has 1 rings (SSSR count). The van der Waals surface area contributed by atoms with Crippen molar-refractivity contribution in [3.8, 4) is 11.8 Å². The second-order valence-electron chi connectivity index (χ2n) is 4.76. The summed E-state index contributed by atoms with van der Waals surface area (Å²) in [6.45, 7) is 5.74. The fourth-order valence-electron chi connectivity index (χ4n) is 2.07. The Morgan fingerprint density at radius 1 is 1.40 bits per heavy atom. The molecule has 0 atom stereocenters. The Labute approximate surface area is 93.5 Å². The van der Waals surface area contributed by atoms with Gasteiger partial charge in [0.1, 0.15) is 0 Å². The molecule has 2 N–H and O–H groups in total. The van der Waals surface area contributed by atoms with E-state index in [9.17, 15) is 5.11 Å². The zero-order valence-corrected chi connectivity index (χ0v) is 9.97. The minimum atomic E-state index is -0.452. The van der Waals surface area contributed by atoms with Gasteiger partial charge in [-0.25, -0.2) is 0 Å². The summed E-state index contributed by atoms with van der Waals surface area (Å²) in [4.78, 5) is 0. The molecule has 2 heteroatoms. The molecular formula is C13H23NO. The standard InChI is InChI=1S/C13H23NO/c1-3-4-5-10-14-11-13(15)8-6-12(2)7-9-13/h12,14-15H,5-11H2,1-2H3. The van der Waals surface area contributed by atoms with Gasteiger partial charge in [-0.05, 0) is 38.5 Å². The summed E-state index contributed by atoms with van der Waals surface area (Å²) in [6.07, 6.45) is 5.09. The fraction of sp³-hybridized carbons (Fsp3) is 0.846. The van der Waals surface area contributed by atoms with Crippen LogP contribution in [0.1, 0.15) is 46.0 Å². The first-order valence-corrected chi connectivity index (χ1v) is 5.99. The third kappa shape index (κ3) is 4.68. The van der Waals surface area contributed by atoms with Crippen molar-refractivity contribution in [2.45, 2.75) is 51.6 Å². The van der Waals surface area contributed by atoms with Crippen LogP contribution in [0.3, 0.4) is 0 Å². The molecule has 1 fully saturated rings. The average Bonchev–Trinajstić information content (AvgIpc) is 2.23. The van der Waals surface area contributed by atoms with Gasteiger partial charge in [0.15, 0.2) is 0 Å². The van der Waals surface area contributed by atoms with Gasteiger partial charge < -0.3 is 10.4 Å². The quantitative estimate of drug-likeness (QED) is 0.548. The van der Waals surface area contributed by atoms with Crippen LogP contribution < -0.4 is 5.32 Å². The van der Waals surface area contributed by atoms with Gasteiger partial charge in [0.05, 0.1) is 5.60 Å². The highest BCUT2D eigenvalue weighted by molar-refractivity contribution is 4.95. The third-order valence-electron chi connectivity index (χ3n) is 3.26. The summed E-state index contributed by atoms with van der Waals surface area (Å²) < 4.78 is 0. The normalized spacial score (nSPS) is 30.7. The van der Waals surface area contributed by atoms with Crippen molar-refractivity contribution in [2.24, 2.45) is 5.92 Å². The maximum absolute atomic E-state index is 10.2. The van der Waals surface area contributed by atoms with E-state index in [-0.39, 0.29) is 0 Å². The van der Waals surface area contributed by atoms with E-state index in [2.05, 4.69) is 24.1 Å². The lowest BCUT2D eigenvalue weighted by Crippen LogP contribution is -2.43. The smallest absolute Gasteiger partial charge is 0.0771 e. The number of rotatable bonds is 4. The van der Waals surface area contributed by atoms with Gasteiger partial charge in [-0.15, -0.1) is 11.8 Å². The van der Waals surface area contributed by atoms with Crippen LogP contribution in [0.25, 0.3) is 0 Å².